The second-order valence-corrected chi connectivity index (χ2v) is 9.24. The van der Waals surface area contributed by atoms with E-state index in [1.54, 1.807) is 18.2 Å². The molecule has 0 radical (unpaired) electrons. The maximum Gasteiger partial charge on any atom is 0.337 e. The smallest absolute Gasteiger partial charge is 0.337 e. The van der Waals surface area contributed by atoms with Crippen LogP contribution >= 0.6 is 23.4 Å². The molecule has 178 valence electrons. The van der Waals surface area contributed by atoms with Gasteiger partial charge in [-0.15, -0.1) is 0 Å². The average molecular weight is 511 g/mol. The number of furan rings is 1. The number of carboxylic acids is 1. The van der Waals surface area contributed by atoms with Crippen LogP contribution in [-0.2, 0) is 9.59 Å². The molecular weight excluding hydrogens is 492 g/mol. The van der Waals surface area contributed by atoms with E-state index in [2.05, 4.69) is 5.32 Å². The first-order valence-electron chi connectivity index (χ1n) is 10.4. The molecule has 0 atom stereocenters. The van der Waals surface area contributed by atoms with Crippen molar-refractivity contribution in [2.24, 2.45) is 0 Å². The first kappa shape index (κ1) is 24.3. The van der Waals surface area contributed by atoms with E-state index in [-0.39, 0.29) is 21.3 Å². The van der Waals surface area contributed by atoms with Gasteiger partial charge in [-0.2, -0.15) is 0 Å². The van der Waals surface area contributed by atoms with Crippen molar-refractivity contribution in [1.29, 1.82) is 0 Å². The summed E-state index contributed by atoms with van der Waals surface area (Å²) in [6, 6.07) is 13.3. The Bertz CT molecular complexity index is 1410. The first-order valence-corrected chi connectivity index (χ1v) is 11.6. The number of thioether (sulfide) groups is 1. The van der Waals surface area contributed by atoms with E-state index >= 15 is 0 Å². The molecule has 1 aromatic heterocycles. The van der Waals surface area contributed by atoms with E-state index in [1.807, 2.05) is 32.0 Å². The highest BCUT2D eigenvalue weighted by atomic mass is 35.5. The minimum atomic E-state index is -1.17. The number of nitrogens with one attached hydrogen (secondary N) is 1. The molecule has 1 aliphatic heterocycles. The highest BCUT2D eigenvalue weighted by Crippen LogP contribution is 2.34. The Morgan fingerprint density at radius 2 is 1.89 bits per heavy atom. The summed E-state index contributed by atoms with van der Waals surface area (Å²) >= 11 is 6.62. The van der Waals surface area contributed by atoms with Gasteiger partial charge >= 0.3 is 5.97 Å². The number of carbonyl (C=O) groups is 4. The quantitative estimate of drug-likeness (QED) is 0.415. The molecule has 0 spiro atoms. The minimum Gasteiger partial charge on any atom is -0.478 e. The molecule has 1 fully saturated rings. The molecule has 1 saturated heterocycles. The lowest BCUT2D eigenvalue weighted by Gasteiger charge is -2.14. The second-order valence-electron chi connectivity index (χ2n) is 7.84. The predicted molar refractivity (Wildman–Crippen MR) is 133 cm³/mol. The number of aromatic carboxylic acids is 1. The number of carbonyl (C=O) groups excluding carboxylic acids is 3. The molecule has 3 amide bonds. The number of rotatable bonds is 6. The normalized spacial score (nSPS) is 14.6. The van der Waals surface area contributed by atoms with Crippen molar-refractivity contribution in [1.82, 2.24) is 4.90 Å². The van der Waals surface area contributed by atoms with Gasteiger partial charge in [0, 0.05) is 17.3 Å². The van der Waals surface area contributed by atoms with Crippen molar-refractivity contribution in [3.05, 3.63) is 80.9 Å². The number of benzene rings is 2. The Balaban J connectivity index is 1.48. The van der Waals surface area contributed by atoms with E-state index in [0.29, 0.717) is 28.8 Å². The maximum atomic E-state index is 12.8. The molecule has 0 bridgehead atoms. The molecule has 0 aliphatic carbocycles. The highest BCUT2D eigenvalue weighted by Gasteiger charge is 2.36. The monoisotopic (exact) mass is 510 g/mol. The number of hydrogen-bond acceptors (Lipinski definition) is 6. The van der Waals surface area contributed by atoms with Gasteiger partial charge in [0.15, 0.2) is 0 Å². The van der Waals surface area contributed by atoms with Crippen molar-refractivity contribution in [2.75, 3.05) is 11.9 Å². The number of amides is 3. The van der Waals surface area contributed by atoms with Crippen molar-refractivity contribution in [3.63, 3.8) is 0 Å². The van der Waals surface area contributed by atoms with Crippen LogP contribution in [0, 0.1) is 13.8 Å². The van der Waals surface area contributed by atoms with Crippen LogP contribution in [0.25, 0.3) is 17.4 Å². The van der Waals surface area contributed by atoms with Gasteiger partial charge in [-0.3, -0.25) is 19.3 Å². The third-order valence-corrected chi connectivity index (χ3v) is 6.46. The average Bonchev–Trinajstić information content (AvgIpc) is 3.37. The molecule has 8 nitrogen and oxygen atoms in total. The summed E-state index contributed by atoms with van der Waals surface area (Å²) in [5, 5.41) is 11.5. The Morgan fingerprint density at radius 3 is 2.63 bits per heavy atom. The predicted octanol–water partition coefficient (Wildman–Crippen LogP) is 5.59. The van der Waals surface area contributed by atoms with Crippen LogP contribution in [0.4, 0.5) is 10.5 Å². The number of aryl methyl sites for hydroxylation is 2. The summed E-state index contributed by atoms with van der Waals surface area (Å²) in [4.78, 5) is 50.0. The molecule has 0 saturated carbocycles. The molecule has 0 unspecified atom stereocenters. The van der Waals surface area contributed by atoms with Crippen LogP contribution in [0.2, 0.25) is 5.02 Å². The molecule has 2 N–H and O–H groups in total. The number of anilines is 1. The van der Waals surface area contributed by atoms with E-state index < -0.39 is 29.6 Å². The molecule has 2 heterocycles. The molecular formula is C25H19ClN2O6S. The molecule has 35 heavy (non-hydrogen) atoms. The van der Waals surface area contributed by atoms with Gasteiger partial charge in [0.05, 0.1) is 15.5 Å². The van der Waals surface area contributed by atoms with Crippen molar-refractivity contribution < 1.29 is 28.7 Å². The zero-order chi connectivity index (χ0) is 25.3. The Labute approximate surface area is 209 Å². The lowest BCUT2D eigenvalue weighted by Crippen LogP contribution is -2.36. The Hall–Kier alpha value is -3.82. The van der Waals surface area contributed by atoms with Crippen LogP contribution < -0.4 is 5.32 Å². The van der Waals surface area contributed by atoms with Crippen LogP contribution in [0.5, 0.6) is 0 Å². The Kier molecular flexibility index (Phi) is 6.81. The van der Waals surface area contributed by atoms with Gasteiger partial charge in [0.1, 0.15) is 18.1 Å². The van der Waals surface area contributed by atoms with E-state index in [4.69, 9.17) is 16.0 Å². The van der Waals surface area contributed by atoms with Crippen molar-refractivity contribution in [3.8, 4) is 11.3 Å². The minimum absolute atomic E-state index is 0.0673. The number of hydrogen-bond donors (Lipinski definition) is 2. The van der Waals surface area contributed by atoms with Gasteiger partial charge in [0.25, 0.3) is 11.1 Å². The standard InChI is InChI=1S/C25H19ClN2O6S/c1-13-3-4-14(2)19(9-13)27-22(29)12-28-23(30)21(35-25(28)33)11-16-6-8-20(34-16)15-5-7-18(26)17(10-15)24(31)32/h3-11H,12H2,1-2H3,(H,27,29)(H,31,32)/b21-11+. The van der Waals surface area contributed by atoms with Crippen molar-refractivity contribution >= 4 is 58.1 Å². The van der Waals surface area contributed by atoms with E-state index in [0.717, 1.165) is 16.0 Å². The highest BCUT2D eigenvalue weighted by molar-refractivity contribution is 8.18. The van der Waals surface area contributed by atoms with Gasteiger partial charge in [0.2, 0.25) is 5.91 Å². The summed E-state index contributed by atoms with van der Waals surface area (Å²) < 4.78 is 5.72. The first-order chi connectivity index (χ1) is 16.6. The summed E-state index contributed by atoms with van der Waals surface area (Å²) in [7, 11) is 0. The van der Waals surface area contributed by atoms with Crippen LogP contribution in [-0.4, -0.2) is 39.6 Å². The summed E-state index contributed by atoms with van der Waals surface area (Å²) in [6.45, 7) is 3.33. The lowest BCUT2D eigenvalue weighted by atomic mass is 10.1. The fourth-order valence-electron chi connectivity index (χ4n) is 3.40. The largest absolute Gasteiger partial charge is 0.478 e. The van der Waals surface area contributed by atoms with Gasteiger partial charge in [-0.1, -0.05) is 23.7 Å². The summed E-state index contributed by atoms with van der Waals surface area (Å²) in [5.74, 6) is -1.60. The molecule has 3 aromatic rings. The number of imide groups is 1. The van der Waals surface area contributed by atoms with Gasteiger partial charge in [-0.25, -0.2) is 4.79 Å². The fraction of sp³-hybridized carbons (Fsp3) is 0.120. The fourth-order valence-corrected chi connectivity index (χ4v) is 4.41. The number of carboxylic acid groups (broad SMARTS) is 1. The van der Waals surface area contributed by atoms with Crippen LogP contribution in [0.15, 0.2) is 57.9 Å². The molecule has 10 heteroatoms. The SMILES string of the molecule is Cc1ccc(C)c(NC(=O)CN2C(=O)S/C(=C/c3ccc(-c4ccc(Cl)c(C(=O)O)c4)o3)C2=O)c1. The summed E-state index contributed by atoms with van der Waals surface area (Å²) in [6.07, 6.45) is 1.41. The topological polar surface area (TPSA) is 117 Å². The molecule has 4 rings (SSSR count). The zero-order valence-corrected chi connectivity index (χ0v) is 20.2. The Morgan fingerprint density at radius 1 is 1.11 bits per heavy atom. The van der Waals surface area contributed by atoms with Crippen LogP contribution in [0.1, 0.15) is 27.2 Å². The van der Waals surface area contributed by atoms with E-state index in [1.165, 1.54) is 18.2 Å². The zero-order valence-electron chi connectivity index (χ0n) is 18.6. The molecule has 2 aromatic carbocycles. The third-order valence-electron chi connectivity index (χ3n) is 5.22. The van der Waals surface area contributed by atoms with Crippen molar-refractivity contribution in [2.45, 2.75) is 13.8 Å². The van der Waals surface area contributed by atoms with Gasteiger partial charge < -0.3 is 14.8 Å². The van der Waals surface area contributed by atoms with Gasteiger partial charge in [-0.05, 0) is 73.1 Å². The maximum absolute atomic E-state index is 12.8. The number of halogens is 1. The lowest BCUT2D eigenvalue weighted by molar-refractivity contribution is -0.127. The third kappa shape index (κ3) is 5.31. The molecule has 1 aliphatic rings. The van der Waals surface area contributed by atoms with E-state index in [9.17, 15) is 24.3 Å². The van der Waals surface area contributed by atoms with Crippen LogP contribution in [0.3, 0.4) is 0 Å². The number of nitrogens with zero attached hydrogens (tertiary/aromatic N) is 1. The second kappa shape index (κ2) is 9.81. The summed E-state index contributed by atoms with van der Waals surface area (Å²) in [5.41, 5.74) is 2.87.